The summed E-state index contributed by atoms with van der Waals surface area (Å²) in [6.45, 7) is 2.00. The highest BCUT2D eigenvalue weighted by Gasteiger charge is 2.06. The Morgan fingerprint density at radius 2 is 1.96 bits per heavy atom. The first-order valence-electron chi connectivity index (χ1n) is 7.26. The Morgan fingerprint density at radius 1 is 1.04 bits per heavy atom. The molecule has 0 saturated heterocycles. The van der Waals surface area contributed by atoms with Crippen molar-refractivity contribution in [3.05, 3.63) is 59.0 Å². The van der Waals surface area contributed by atoms with Crippen LogP contribution in [0.25, 0.3) is 21.5 Å². The Morgan fingerprint density at radius 3 is 2.79 bits per heavy atom. The van der Waals surface area contributed by atoms with E-state index in [1.165, 1.54) is 4.70 Å². The summed E-state index contributed by atoms with van der Waals surface area (Å²) in [6.07, 6.45) is 3.41. The van der Waals surface area contributed by atoms with E-state index >= 15 is 0 Å². The second-order valence-electron chi connectivity index (χ2n) is 5.18. The minimum atomic E-state index is 0.456. The third kappa shape index (κ3) is 3.06. The van der Waals surface area contributed by atoms with Crippen molar-refractivity contribution in [2.45, 2.75) is 6.92 Å². The predicted octanol–water partition coefficient (Wildman–Crippen LogP) is 4.85. The van der Waals surface area contributed by atoms with Crippen molar-refractivity contribution in [1.29, 1.82) is 0 Å². The molecule has 0 atom stereocenters. The van der Waals surface area contributed by atoms with Crippen molar-refractivity contribution < 1.29 is 0 Å². The molecule has 1 aromatic carbocycles. The molecule has 4 rings (SSSR count). The van der Waals surface area contributed by atoms with Crippen LogP contribution in [0.5, 0.6) is 0 Å². The number of nitrogens with one attached hydrogen (secondary N) is 1. The third-order valence-corrected chi connectivity index (χ3v) is 4.60. The zero-order valence-electron chi connectivity index (χ0n) is 12.7. The van der Waals surface area contributed by atoms with Crippen molar-refractivity contribution >= 4 is 44.8 Å². The summed E-state index contributed by atoms with van der Waals surface area (Å²) in [7, 11) is 0. The van der Waals surface area contributed by atoms with Gasteiger partial charge in [-0.25, -0.2) is 19.9 Å². The summed E-state index contributed by atoms with van der Waals surface area (Å²) in [4.78, 5) is 17.4. The van der Waals surface area contributed by atoms with Gasteiger partial charge in [0.1, 0.15) is 5.15 Å². The number of hydrogen-bond donors (Lipinski definition) is 1. The molecule has 0 aliphatic carbocycles. The fourth-order valence-corrected chi connectivity index (χ4v) is 3.28. The molecular formula is C17H12ClN5S. The highest BCUT2D eigenvalue weighted by Crippen LogP contribution is 2.26. The topological polar surface area (TPSA) is 63.6 Å². The molecule has 0 aliphatic rings. The molecule has 7 heteroatoms. The summed E-state index contributed by atoms with van der Waals surface area (Å²) in [5.41, 5.74) is 3.54. The standard InChI is InChI=1S/C17H12ClN5S/c1-10-21-14-8-12(3-4-15(14)24-10)22-17-19-7-6-13(23-17)11-2-5-16(18)20-9-11/h2-9H,1H3,(H,19,22,23). The van der Waals surface area contributed by atoms with Gasteiger partial charge in [-0.2, -0.15) is 0 Å². The molecule has 24 heavy (non-hydrogen) atoms. The van der Waals surface area contributed by atoms with Gasteiger partial charge in [-0.3, -0.25) is 0 Å². The number of fused-ring (bicyclic) bond motifs is 1. The van der Waals surface area contributed by atoms with Crippen LogP contribution in [0.1, 0.15) is 5.01 Å². The van der Waals surface area contributed by atoms with E-state index in [-0.39, 0.29) is 0 Å². The van der Waals surface area contributed by atoms with E-state index in [0.717, 1.165) is 27.5 Å². The van der Waals surface area contributed by atoms with Crippen molar-refractivity contribution in [3.8, 4) is 11.3 Å². The van der Waals surface area contributed by atoms with Gasteiger partial charge in [0.25, 0.3) is 0 Å². The van der Waals surface area contributed by atoms with E-state index < -0.39 is 0 Å². The summed E-state index contributed by atoms with van der Waals surface area (Å²) in [6, 6.07) is 11.5. The number of pyridine rings is 1. The van der Waals surface area contributed by atoms with Gasteiger partial charge < -0.3 is 5.32 Å². The largest absolute Gasteiger partial charge is 0.324 e. The van der Waals surface area contributed by atoms with Gasteiger partial charge in [0.05, 0.1) is 20.9 Å². The fraction of sp³-hybridized carbons (Fsp3) is 0.0588. The number of hydrogen-bond acceptors (Lipinski definition) is 6. The first kappa shape index (κ1) is 15.0. The van der Waals surface area contributed by atoms with E-state index in [1.807, 2.05) is 31.2 Å². The lowest BCUT2D eigenvalue weighted by molar-refractivity contribution is 1.16. The van der Waals surface area contributed by atoms with E-state index in [0.29, 0.717) is 11.1 Å². The number of benzene rings is 1. The highest BCUT2D eigenvalue weighted by molar-refractivity contribution is 7.18. The van der Waals surface area contributed by atoms with Crippen LogP contribution in [-0.4, -0.2) is 19.9 Å². The van der Waals surface area contributed by atoms with Crippen LogP contribution in [0.2, 0.25) is 5.15 Å². The van der Waals surface area contributed by atoms with Crippen LogP contribution in [0.3, 0.4) is 0 Å². The molecule has 0 aliphatic heterocycles. The second-order valence-corrected chi connectivity index (χ2v) is 6.80. The minimum Gasteiger partial charge on any atom is -0.324 e. The summed E-state index contributed by atoms with van der Waals surface area (Å²) in [5.74, 6) is 0.522. The Labute approximate surface area is 147 Å². The van der Waals surface area contributed by atoms with Crippen LogP contribution >= 0.6 is 22.9 Å². The zero-order valence-corrected chi connectivity index (χ0v) is 14.3. The quantitative estimate of drug-likeness (QED) is 0.533. The van der Waals surface area contributed by atoms with Gasteiger partial charge in [0.2, 0.25) is 5.95 Å². The molecule has 0 radical (unpaired) electrons. The van der Waals surface area contributed by atoms with Gasteiger partial charge in [0, 0.05) is 23.6 Å². The normalized spacial score (nSPS) is 10.9. The number of aromatic nitrogens is 4. The molecule has 3 heterocycles. The lowest BCUT2D eigenvalue weighted by atomic mass is 10.2. The Bertz CT molecular complexity index is 1010. The maximum absolute atomic E-state index is 5.83. The van der Waals surface area contributed by atoms with Crippen LogP contribution in [0.15, 0.2) is 48.8 Å². The van der Waals surface area contributed by atoms with Crippen molar-refractivity contribution in [2.24, 2.45) is 0 Å². The van der Waals surface area contributed by atoms with Crippen LogP contribution in [-0.2, 0) is 0 Å². The molecule has 0 fully saturated rings. The molecule has 5 nitrogen and oxygen atoms in total. The number of thiazole rings is 1. The molecule has 0 spiro atoms. The molecule has 0 amide bonds. The molecule has 4 aromatic rings. The second kappa shape index (κ2) is 6.14. The van der Waals surface area contributed by atoms with Gasteiger partial charge >= 0.3 is 0 Å². The van der Waals surface area contributed by atoms with Gasteiger partial charge in [-0.15, -0.1) is 11.3 Å². The smallest absolute Gasteiger partial charge is 0.227 e. The van der Waals surface area contributed by atoms with Crippen molar-refractivity contribution in [3.63, 3.8) is 0 Å². The van der Waals surface area contributed by atoms with Crippen LogP contribution in [0.4, 0.5) is 11.6 Å². The lowest BCUT2D eigenvalue weighted by Crippen LogP contribution is -1.98. The van der Waals surface area contributed by atoms with Gasteiger partial charge in [0.15, 0.2) is 0 Å². The Kier molecular flexibility index (Phi) is 3.84. The molecule has 1 N–H and O–H groups in total. The summed E-state index contributed by atoms with van der Waals surface area (Å²) < 4.78 is 1.17. The zero-order chi connectivity index (χ0) is 16.5. The fourth-order valence-electron chi connectivity index (χ4n) is 2.36. The van der Waals surface area contributed by atoms with Crippen LogP contribution in [0, 0.1) is 6.92 Å². The van der Waals surface area contributed by atoms with Gasteiger partial charge in [-0.05, 0) is 43.3 Å². The average molecular weight is 354 g/mol. The maximum Gasteiger partial charge on any atom is 0.227 e. The SMILES string of the molecule is Cc1nc2cc(Nc3nccc(-c4ccc(Cl)nc4)n3)ccc2s1. The minimum absolute atomic E-state index is 0.456. The maximum atomic E-state index is 5.83. The highest BCUT2D eigenvalue weighted by atomic mass is 35.5. The Hall–Kier alpha value is -2.57. The molecular weight excluding hydrogens is 342 g/mol. The number of rotatable bonds is 3. The third-order valence-electron chi connectivity index (χ3n) is 3.43. The molecule has 0 bridgehead atoms. The van der Waals surface area contributed by atoms with E-state index in [4.69, 9.17) is 11.6 Å². The van der Waals surface area contributed by atoms with Crippen molar-refractivity contribution in [2.75, 3.05) is 5.32 Å². The number of anilines is 2. The average Bonchev–Trinajstić information content (AvgIpc) is 2.95. The van der Waals surface area contributed by atoms with E-state index in [2.05, 4.69) is 31.3 Å². The first-order chi connectivity index (χ1) is 11.7. The van der Waals surface area contributed by atoms with Gasteiger partial charge in [-0.1, -0.05) is 11.6 Å². The predicted molar refractivity (Wildman–Crippen MR) is 97.9 cm³/mol. The summed E-state index contributed by atoms with van der Waals surface area (Å²) >= 11 is 7.51. The van der Waals surface area contributed by atoms with Crippen LogP contribution < -0.4 is 5.32 Å². The first-order valence-corrected chi connectivity index (χ1v) is 8.46. The Balaban J connectivity index is 1.63. The van der Waals surface area contributed by atoms with Crippen molar-refractivity contribution in [1.82, 2.24) is 19.9 Å². The van der Waals surface area contributed by atoms with E-state index in [1.54, 1.807) is 29.8 Å². The number of halogens is 1. The summed E-state index contributed by atoms with van der Waals surface area (Å²) in [5, 5.41) is 4.73. The molecule has 0 saturated carbocycles. The lowest BCUT2D eigenvalue weighted by Gasteiger charge is -2.06. The monoisotopic (exact) mass is 353 g/mol. The molecule has 3 aromatic heterocycles. The van der Waals surface area contributed by atoms with E-state index in [9.17, 15) is 0 Å². The molecule has 0 unspecified atom stereocenters. The number of nitrogens with zero attached hydrogens (tertiary/aromatic N) is 4. The molecule has 118 valence electrons. The number of aryl methyl sites for hydroxylation is 1.